The van der Waals surface area contributed by atoms with Crippen LogP contribution >= 0.6 is 12.2 Å². The molecule has 0 aliphatic heterocycles. The summed E-state index contributed by atoms with van der Waals surface area (Å²) in [5.41, 5.74) is 8.27. The molecule has 2 N–H and O–H groups in total. The maximum absolute atomic E-state index is 7.40. The van der Waals surface area contributed by atoms with Crippen molar-refractivity contribution in [3.63, 3.8) is 0 Å². The zero-order valence-electron chi connectivity index (χ0n) is 10.6. The normalized spacial score (nSPS) is 11.4. The van der Waals surface area contributed by atoms with Gasteiger partial charge in [-0.2, -0.15) is 0 Å². The topological polar surface area (TPSA) is 35.8 Å². The molecule has 4 aromatic rings. The lowest BCUT2D eigenvalue weighted by Gasteiger charge is -2.12. The molecule has 20 heavy (non-hydrogen) atoms. The van der Waals surface area contributed by atoms with Crippen LogP contribution in [0.3, 0.4) is 0 Å². The molecule has 0 spiro atoms. The highest BCUT2D eigenvalue weighted by Gasteiger charge is 2.08. The van der Waals surface area contributed by atoms with Crippen LogP contribution in [0.25, 0.3) is 32.3 Å². The largest absolute Gasteiger partial charge is 0.331 e. The van der Waals surface area contributed by atoms with Crippen LogP contribution in [0.15, 0.2) is 54.6 Å². The molecule has 0 aliphatic carbocycles. The lowest BCUT2D eigenvalue weighted by Crippen LogP contribution is -2.08. The van der Waals surface area contributed by atoms with Gasteiger partial charge in [0.25, 0.3) is 0 Å². The molecule has 0 aliphatic rings. The summed E-state index contributed by atoms with van der Waals surface area (Å²) >= 11 is 4.81. The van der Waals surface area contributed by atoms with E-state index in [1.54, 1.807) is 0 Å². The smallest absolute Gasteiger partial charge is 0.189 e. The van der Waals surface area contributed by atoms with Gasteiger partial charge in [-0.3, -0.25) is 5.73 Å². The predicted molar refractivity (Wildman–Crippen MR) is 89.5 cm³/mol. The highest BCUT2D eigenvalue weighted by atomic mass is 32.1. The molecule has 95 valence electrons. The number of hydrogen-bond donors (Lipinski definition) is 1. The Bertz CT molecular complexity index is 895. The van der Waals surface area contributed by atoms with Crippen LogP contribution in [-0.2, 0) is 0 Å². The molecule has 0 aromatic heterocycles. The molecular formula is C17H11N2S. The first kappa shape index (κ1) is 11.4. The first-order valence-corrected chi connectivity index (χ1v) is 6.83. The standard InChI is InChI=1S/C17H11N2S/c18-17(20)19-14-8-12-6-4-10-2-1-3-11-5-7-13(9-14)16(12)15(10)11/h1-9,18H,(H,19,20). The third-order valence-corrected chi connectivity index (χ3v) is 3.82. The third-order valence-electron chi connectivity index (χ3n) is 3.72. The molecule has 0 bridgehead atoms. The van der Waals surface area contributed by atoms with Gasteiger partial charge in [0, 0.05) is 5.69 Å². The number of nitrogens with one attached hydrogen (secondary N) is 2. The fraction of sp³-hybridized carbons (Fsp3) is 0. The van der Waals surface area contributed by atoms with Gasteiger partial charge in [0.1, 0.15) is 0 Å². The second-order valence-corrected chi connectivity index (χ2v) is 5.37. The molecule has 0 fully saturated rings. The van der Waals surface area contributed by atoms with Crippen LogP contribution < -0.4 is 11.1 Å². The van der Waals surface area contributed by atoms with E-state index in [-0.39, 0.29) is 5.11 Å². The maximum atomic E-state index is 7.40. The van der Waals surface area contributed by atoms with Gasteiger partial charge in [0.15, 0.2) is 5.11 Å². The van der Waals surface area contributed by atoms with Crippen molar-refractivity contribution in [3.8, 4) is 0 Å². The van der Waals surface area contributed by atoms with Gasteiger partial charge in [-0.25, -0.2) is 0 Å². The summed E-state index contributed by atoms with van der Waals surface area (Å²) in [4.78, 5) is 0. The lowest BCUT2D eigenvalue weighted by atomic mass is 9.94. The van der Waals surface area contributed by atoms with Crippen molar-refractivity contribution in [1.82, 2.24) is 5.73 Å². The molecule has 0 atom stereocenters. The summed E-state index contributed by atoms with van der Waals surface area (Å²) < 4.78 is 0. The quantitative estimate of drug-likeness (QED) is 0.408. The molecule has 0 amide bonds. The molecule has 0 heterocycles. The van der Waals surface area contributed by atoms with Crippen molar-refractivity contribution in [2.45, 2.75) is 0 Å². The Morgan fingerprint density at radius 1 is 0.800 bits per heavy atom. The summed E-state index contributed by atoms with van der Waals surface area (Å²) in [5.74, 6) is 0. The van der Waals surface area contributed by atoms with Crippen molar-refractivity contribution < 1.29 is 0 Å². The lowest BCUT2D eigenvalue weighted by molar-refractivity contribution is 1.61. The van der Waals surface area contributed by atoms with Gasteiger partial charge in [-0.05, 0) is 56.7 Å². The average molecular weight is 275 g/mol. The second kappa shape index (κ2) is 4.05. The van der Waals surface area contributed by atoms with Crippen LogP contribution in [0, 0.1) is 0 Å². The van der Waals surface area contributed by atoms with Crippen molar-refractivity contribution in [2.75, 3.05) is 5.32 Å². The van der Waals surface area contributed by atoms with Gasteiger partial charge < -0.3 is 5.32 Å². The Kier molecular flexibility index (Phi) is 2.32. The number of rotatable bonds is 1. The van der Waals surface area contributed by atoms with E-state index in [2.05, 4.69) is 59.9 Å². The second-order valence-electron chi connectivity index (χ2n) is 4.96. The monoisotopic (exact) mass is 275 g/mol. The minimum atomic E-state index is 0.0396. The third kappa shape index (κ3) is 1.60. The van der Waals surface area contributed by atoms with Crippen LogP contribution in [0.4, 0.5) is 5.69 Å². The SMILES string of the molecule is [NH]C(=S)Nc1cc2ccc3cccc4ccc(c1)c2c34. The van der Waals surface area contributed by atoms with E-state index in [4.69, 9.17) is 18.0 Å². The van der Waals surface area contributed by atoms with Crippen LogP contribution in [0.2, 0.25) is 0 Å². The van der Waals surface area contributed by atoms with E-state index in [9.17, 15) is 0 Å². The minimum absolute atomic E-state index is 0.0396. The van der Waals surface area contributed by atoms with Crippen molar-refractivity contribution >= 4 is 55.3 Å². The number of anilines is 1. The predicted octanol–water partition coefficient (Wildman–Crippen LogP) is 4.56. The highest BCUT2D eigenvalue weighted by Crippen LogP contribution is 2.35. The number of hydrogen-bond acceptors (Lipinski definition) is 1. The Morgan fingerprint density at radius 3 is 1.85 bits per heavy atom. The summed E-state index contributed by atoms with van der Waals surface area (Å²) in [7, 11) is 0. The summed E-state index contributed by atoms with van der Waals surface area (Å²) in [6.07, 6.45) is 0. The zero-order chi connectivity index (χ0) is 13.7. The number of thiocarbonyl (C=S) groups is 1. The molecule has 2 nitrogen and oxygen atoms in total. The molecular weight excluding hydrogens is 264 g/mol. The Hall–Kier alpha value is -2.39. The van der Waals surface area contributed by atoms with Crippen LogP contribution in [0.5, 0.6) is 0 Å². The average Bonchev–Trinajstić information content (AvgIpc) is 2.44. The Labute approximate surface area is 121 Å². The van der Waals surface area contributed by atoms with Gasteiger partial charge in [0.2, 0.25) is 0 Å². The Balaban J connectivity index is 2.16. The summed E-state index contributed by atoms with van der Waals surface area (Å²) in [5, 5.41) is 10.4. The maximum Gasteiger partial charge on any atom is 0.189 e. The molecule has 4 aromatic carbocycles. The van der Waals surface area contributed by atoms with Gasteiger partial charge in [-0.1, -0.05) is 42.5 Å². The minimum Gasteiger partial charge on any atom is -0.331 e. The fourth-order valence-electron chi connectivity index (χ4n) is 2.96. The van der Waals surface area contributed by atoms with Gasteiger partial charge >= 0.3 is 0 Å². The molecule has 0 unspecified atom stereocenters. The van der Waals surface area contributed by atoms with Crippen molar-refractivity contribution in [1.29, 1.82) is 0 Å². The molecule has 0 saturated heterocycles. The van der Waals surface area contributed by atoms with Gasteiger partial charge in [-0.15, -0.1) is 0 Å². The van der Waals surface area contributed by atoms with E-state index < -0.39 is 0 Å². The Morgan fingerprint density at radius 2 is 1.30 bits per heavy atom. The van der Waals surface area contributed by atoms with E-state index in [1.165, 1.54) is 32.3 Å². The van der Waals surface area contributed by atoms with Gasteiger partial charge in [0.05, 0.1) is 0 Å². The first-order chi connectivity index (χ1) is 9.72. The van der Waals surface area contributed by atoms with Crippen LogP contribution in [0.1, 0.15) is 0 Å². The van der Waals surface area contributed by atoms with E-state index in [1.807, 2.05) is 0 Å². The summed E-state index contributed by atoms with van der Waals surface area (Å²) in [6.45, 7) is 0. The van der Waals surface area contributed by atoms with E-state index in [0.717, 1.165) is 5.69 Å². The van der Waals surface area contributed by atoms with Crippen molar-refractivity contribution in [3.05, 3.63) is 54.6 Å². The van der Waals surface area contributed by atoms with Crippen LogP contribution in [-0.4, -0.2) is 5.11 Å². The van der Waals surface area contributed by atoms with Crippen molar-refractivity contribution in [2.24, 2.45) is 0 Å². The summed E-state index contributed by atoms with van der Waals surface area (Å²) in [6, 6.07) is 19.0. The molecule has 4 rings (SSSR count). The number of benzene rings is 4. The highest BCUT2D eigenvalue weighted by molar-refractivity contribution is 7.80. The van der Waals surface area contributed by atoms with E-state index in [0.29, 0.717) is 0 Å². The molecule has 0 saturated carbocycles. The first-order valence-electron chi connectivity index (χ1n) is 6.42. The van der Waals surface area contributed by atoms with E-state index >= 15 is 0 Å². The molecule has 1 radical (unpaired) electrons. The fourth-order valence-corrected chi connectivity index (χ4v) is 3.07. The molecule has 3 heteroatoms. The zero-order valence-corrected chi connectivity index (χ0v) is 11.4.